The lowest BCUT2D eigenvalue weighted by Crippen LogP contribution is -2.54. The molecule has 1 N–H and O–H groups in total. The number of nitrogens with one attached hydrogen (secondary N) is 1. The van der Waals surface area contributed by atoms with Gasteiger partial charge in [-0.2, -0.15) is 0 Å². The van der Waals surface area contributed by atoms with Crippen LogP contribution in [0, 0.1) is 0 Å². The molecule has 0 radical (unpaired) electrons. The number of ether oxygens (including phenoxy) is 1. The molecule has 1 aromatic heterocycles. The van der Waals surface area contributed by atoms with Gasteiger partial charge < -0.3 is 15.0 Å². The standard InChI is InChI=1S/C19H32N4O2/c1-15(14-19(3,4)25-5)21-18(24)23-12-10-22(11-13-23)16(2)17-8-6-7-9-20-17/h6-9,15-16H,10-14H2,1-5H3,(H,21,24)/t15-,16+/m1/s1. The van der Waals surface area contributed by atoms with E-state index in [0.717, 1.165) is 38.3 Å². The third-order valence-corrected chi connectivity index (χ3v) is 4.99. The minimum absolute atomic E-state index is 0.0181. The maximum Gasteiger partial charge on any atom is 0.317 e. The predicted molar refractivity (Wildman–Crippen MR) is 99.5 cm³/mol. The molecule has 1 saturated heterocycles. The first-order valence-corrected chi connectivity index (χ1v) is 9.08. The maximum absolute atomic E-state index is 12.5. The van der Waals surface area contributed by atoms with Crippen LogP contribution >= 0.6 is 0 Å². The maximum atomic E-state index is 12.5. The minimum atomic E-state index is -0.233. The number of nitrogens with zero attached hydrogens (tertiary/aromatic N) is 3. The van der Waals surface area contributed by atoms with Crippen LogP contribution in [0.5, 0.6) is 0 Å². The summed E-state index contributed by atoms with van der Waals surface area (Å²) in [4.78, 5) is 21.2. The number of hydrogen-bond donors (Lipinski definition) is 1. The highest BCUT2D eigenvalue weighted by molar-refractivity contribution is 5.74. The molecule has 1 fully saturated rings. The largest absolute Gasteiger partial charge is 0.379 e. The summed E-state index contributed by atoms with van der Waals surface area (Å²) >= 11 is 0. The minimum Gasteiger partial charge on any atom is -0.379 e. The summed E-state index contributed by atoms with van der Waals surface area (Å²) < 4.78 is 5.44. The van der Waals surface area contributed by atoms with E-state index in [1.54, 1.807) is 7.11 Å². The molecule has 0 bridgehead atoms. The molecular formula is C19H32N4O2. The average molecular weight is 348 g/mol. The summed E-state index contributed by atoms with van der Waals surface area (Å²) in [6.45, 7) is 11.5. The average Bonchev–Trinajstić information content (AvgIpc) is 2.61. The highest BCUT2D eigenvalue weighted by Gasteiger charge is 2.27. The second kappa shape index (κ2) is 8.63. The fourth-order valence-electron chi connectivity index (χ4n) is 3.30. The Bertz CT molecular complexity index is 542. The van der Waals surface area contributed by atoms with Gasteiger partial charge in [-0.3, -0.25) is 9.88 Å². The molecule has 2 rings (SSSR count). The van der Waals surface area contributed by atoms with Gasteiger partial charge in [-0.05, 0) is 46.2 Å². The lowest BCUT2D eigenvalue weighted by Gasteiger charge is -2.38. The summed E-state index contributed by atoms with van der Waals surface area (Å²) in [6, 6.07) is 6.38. The van der Waals surface area contributed by atoms with Crippen molar-refractivity contribution < 1.29 is 9.53 Å². The first-order chi connectivity index (χ1) is 11.8. The van der Waals surface area contributed by atoms with Crippen LogP contribution in [0.15, 0.2) is 24.4 Å². The summed E-state index contributed by atoms with van der Waals surface area (Å²) in [5.41, 5.74) is 0.847. The molecule has 1 aliphatic heterocycles. The zero-order valence-corrected chi connectivity index (χ0v) is 16.2. The molecule has 0 unspecified atom stereocenters. The molecule has 0 aromatic carbocycles. The third kappa shape index (κ3) is 5.68. The van der Waals surface area contributed by atoms with E-state index in [0.29, 0.717) is 0 Å². The van der Waals surface area contributed by atoms with Gasteiger partial charge in [-0.1, -0.05) is 6.07 Å². The van der Waals surface area contributed by atoms with Crippen LogP contribution in [0.3, 0.4) is 0 Å². The van der Waals surface area contributed by atoms with E-state index in [2.05, 4.69) is 28.2 Å². The van der Waals surface area contributed by atoms with Gasteiger partial charge in [0.1, 0.15) is 0 Å². The van der Waals surface area contributed by atoms with E-state index < -0.39 is 0 Å². The van der Waals surface area contributed by atoms with Gasteiger partial charge in [0, 0.05) is 51.6 Å². The molecule has 0 saturated carbocycles. The number of aromatic nitrogens is 1. The van der Waals surface area contributed by atoms with Crippen molar-refractivity contribution in [3.05, 3.63) is 30.1 Å². The van der Waals surface area contributed by atoms with Crippen molar-refractivity contribution in [2.45, 2.75) is 51.8 Å². The van der Waals surface area contributed by atoms with Crippen LogP contribution in [0.2, 0.25) is 0 Å². The Morgan fingerprint density at radius 1 is 1.28 bits per heavy atom. The molecule has 25 heavy (non-hydrogen) atoms. The molecule has 6 heteroatoms. The van der Waals surface area contributed by atoms with E-state index in [1.807, 2.05) is 44.0 Å². The van der Waals surface area contributed by atoms with E-state index in [9.17, 15) is 4.79 Å². The third-order valence-electron chi connectivity index (χ3n) is 4.99. The van der Waals surface area contributed by atoms with Crippen molar-refractivity contribution >= 4 is 6.03 Å². The topological polar surface area (TPSA) is 57.7 Å². The summed E-state index contributed by atoms with van der Waals surface area (Å²) in [5.74, 6) is 0. The number of rotatable bonds is 6. The predicted octanol–water partition coefficient (Wildman–Crippen LogP) is 2.67. The van der Waals surface area contributed by atoms with Crippen LogP contribution in [0.4, 0.5) is 4.79 Å². The zero-order valence-electron chi connectivity index (χ0n) is 16.2. The zero-order chi connectivity index (χ0) is 18.4. The Labute approximate surface area is 151 Å². The van der Waals surface area contributed by atoms with Gasteiger partial charge in [-0.25, -0.2) is 4.79 Å². The molecule has 140 valence electrons. The lowest BCUT2D eigenvalue weighted by atomic mass is 10.00. The van der Waals surface area contributed by atoms with E-state index in [1.165, 1.54) is 0 Å². The Balaban J connectivity index is 1.80. The van der Waals surface area contributed by atoms with Crippen LogP contribution in [-0.2, 0) is 4.74 Å². The normalized spacial score (nSPS) is 18.7. The molecule has 2 amide bonds. The summed E-state index contributed by atoms with van der Waals surface area (Å²) in [7, 11) is 1.70. The SMILES string of the molecule is COC(C)(C)C[C@@H](C)NC(=O)N1CCN([C@@H](C)c2ccccn2)CC1. The Morgan fingerprint density at radius 3 is 2.52 bits per heavy atom. The Kier molecular flexibility index (Phi) is 6.79. The second-order valence-electron chi connectivity index (χ2n) is 7.47. The van der Waals surface area contributed by atoms with Crippen molar-refractivity contribution in [2.75, 3.05) is 33.3 Å². The lowest BCUT2D eigenvalue weighted by molar-refractivity contribution is 0.00890. The van der Waals surface area contributed by atoms with Gasteiger partial charge in [0.2, 0.25) is 0 Å². The number of carbonyl (C=O) groups is 1. The molecule has 6 nitrogen and oxygen atoms in total. The first kappa shape index (κ1) is 19.7. The number of urea groups is 1. The van der Waals surface area contributed by atoms with Crippen molar-refractivity contribution in [1.29, 1.82) is 0 Å². The molecule has 1 aromatic rings. The number of methoxy groups -OCH3 is 1. The molecule has 2 heterocycles. The highest BCUT2D eigenvalue weighted by Crippen LogP contribution is 2.20. The summed E-state index contributed by atoms with van der Waals surface area (Å²) in [5, 5.41) is 3.09. The Hall–Kier alpha value is -1.66. The number of amides is 2. The monoisotopic (exact) mass is 348 g/mol. The molecule has 0 aliphatic carbocycles. The number of pyridine rings is 1. The van der Waals surface area contributed by atoms with Crippen molar-refractivity contribution in [1.82, 2.24) is 20.1 Å². The van der Waals surface area contributed by atoms with Crippen LogP contribution in [0.1, 0.15) is 45.9 Å². The van der Waals surface area contributed by atoms with E-state index >= 15 is 0 Å². The highest BCUT2D eigenvalue weighted by atomic mass is 16.5. The first-order valence-electron chi connectivity index (χ1n) is 9.08. The molecular weight excluding hydrogens is 316 g/mol. The van der Waals surface area contributed by atoms with Gasteiger partial charge in [-0.15, -0.1) is 0 Å². The van der Waals surface area contributed by atoms with E-state index in [4.69, 9.17) is 4.74 Å². The van der Waals surface area contributed by atoms with Crippen LogP contribution in [0.25, 0.3) is 0 Å². The number of piperazine rings is 1. The number of carbonyl (C=O) groups excluding carboxylic acids is 1. The van der Waals surface area contributed by atoms with Gasteiger partial charge >= 0.3 is 6.03 Å². The van der Waals surface area contributed by atoms with Gasteiger partial charge in [0.05, 0.1) is 11.3 Å². The Morgan fingerprint density at radius 2 is 1.96 bits per heavy atom. The van der Waals surface area contributed by atoms with Gasteiger partial charge in [0.15, 0.2) is 0 Å². The molecule has 2 atom stereocenters. The van der Waals surface area contributed by atoms with Crippen molar-refractivity contribution in [3.63, 3.8) is 0 Å². The second-order valence-corrected chi connectivity index (χ2v) is 7.47. The fraction of sp³-hybridized carbons (Fsp3) is 0.684. The fourth-order valence-corrected chi connectivity index (χ4v) is 3.30. The van der Waals surface area contributed by atoms with Crippen LogP contribution in [-0.4, -0.2) is 65.7 Å². The molecule has 0 spiro atoms. The number of hydrogen-bond acceptors (Lipinski definition) is 4. The van der Waals surface area contributed by atoms with Crippen molar-refractivity contribution in [2.24, 2.45) is 0 Å². The van der Waals surface area contributed by atoms with Crippen molar-refractivity contribution in [3.8, 4) is 0 Å². The van der Waals surface area contributed by atoms with E-state index in [-0.39, 0.29) is 23.7 Å². The van der Waals surface area contributed by atoms with Crippen LogP contribution < -0.4 is 5.32 Å². The summed E-state index contributed by atoms with van der Waals surface area (Å²) in [6.07, 6.45) is 2.62. The quantitative estimate of drug-likeness (QED) is 0.859. The van der Waals surface area contributed by atoms with Gasteiger partial charge in [0.25, 0.3) is 0 Å². The molecule has 1 aliphatic rings. The smallest absolute Gasteiger partial charge is 0.317 e.